The molecule has 4 amide bonds. The molecule has 1 saturated heterocycles. The molecule has 1 unspecified atom stereocenters. The number of hydrogen-bond acceptors (Lipinski definition) is 6. The van der Waals surface area contributed by atoms with Gasteiger partial charge in [0.2, 0.25) is 11.8 Å². The summed E-state index contributed by atoms with van der Waals surface area (Å²) in [5.41, 5.74) is 2.00. The van der Waals surface area contributed by atoms with Gasteiger partial charge in [-0.15, -0.1) is 12.4 Å². The molecule has 1 aromatic heterocycles. The maximum atomic E-state index is 13.0. The van der Waals surface area contributed by atoms with E-state index < -0.39 is 29.7 Å². The van der Waals surface area contributed by atoms with E-state index >= 15 is 0 Å². The van der Waals surface area contributed by atoms with Crippen LogP contribution in [0.1, 0.15) is 39.1 Å². The van der Waals surface area contributed by atoms with Crippen molar-refractivity contribution >= 4 is 41.7 Å². The number of fused-ring (bicyclic) bond motifs is 1. The summed E-state index contributed by atoms with van der Waals surface area (Å²) in [7, 11) is 0. The lowest BCUT2D eigenvalue weighted by Crippen LogP contribution is -2.54. The molecule has 3 heterocycles. The van der Waals surface area contributed by atoms with E-state index in [2.05, 4.69) is 15.6 Å². The van der Waals surface area contributed by atoms with E-state index in [1.54, 1.807) is 30.6 Å². The molecular weight excluding hydrogens is 384 g/mol. The number of halogens is 1. The van der Waals surface area contributed by atoms with Gasteiger partial charge in [-0.2, -0.15) is 0 Å². The van der Waals surface area contributed by atoms with E-state index in [0.29, 0.717) is 12.2 Å². The highest BCUT2D eigenvalue weighted by Crippen LogP contribution is 2.32. The first-order chi connectivity index (χ1) is 13.1. The van der Waals surface area contributed by atoms with Crippen LogP contribution in [0.25, 0.3) is 0 Å². The zero-order chi connectivity index (χ0) is 19.0. The first kappa shape index (κ1) is 19.5. The fraction of sp³-hybridized carbons (Fsp3) is 0.211. The molecule has 1 atom stereocenters. The van der Waals surface area contributed by atoms with Gasteiger partial charge in [0.05, 0.1) is 11.1 Å². The normalized spacial score (nSPS) is 18.4. The van der Waals surface area contributed by atoms with Gasteiger partial charge >= 0.3 is 0 Å². The molecule has 2 N–H and O–H groups in total. The van der Waals surface area contributed by atoms with E-state index in [4.69, 9.17) is 0 Å². The molecule has 28 heavy (non-hydrogen) atoms. The fourth-order valence-electron chi connectivity index (χ4n) is 3.36. The molecule has 0 radical (unpaired) electrons. The minimum absolute atomic E-state index is 0. The first-order valence-electron chi connectivity index (χ1n) is 8.53. The van der Waals surface area contributed by atoms with Crippen LogP contribution in [0.3, 0.4) is 0 Å². The minimum Gasteiger partial charge on any atom is -0.380 e. The Morgan fingerprint density at radius 1 is 1.07 bits per heavy atom. The standard InChI is InChI=1S/C19H16N4O4.ClH/c24-15-5-4-14(17(25)22-15)23-18(26)12-2-1-3-13(16(12)19(23)27)21-10-11-6-8-20-9-7-11;/h1-3,6-9,14,21H,4-5,10H2,(H,22,24,25);1H. The summed E-state index contributed by atoms with van der Waals surface area (Å²) in [6.45, 7) is 0.457. The molecule has 0 aliphatic carbocycles. The van der Waals surface area contributed by atoms with Gasteiger partial charge in [0.1, 0.15) is 6.04 Å². The van der Waals surface area contributed by atoms with Crippen LogP contribution >= 0.6 is 12.4 Å². The van der Waals surface area contributed by atoms with Gasteiger partial charge in [-0.3, -0.25) is 34.4 Å². The van der Waals surface area contributed by atoms with Crippen molar-refractivity contribution in [2.45, 2.75) is 25.4 Å². The summed E-state index contributed by atoms with van der Waals surface area (Å²) in [5, 5.41) is 5.36. The molecule has 2 aromatic rings. The smallest absolute Gasteiger partial charge is 0.264 e. The van der Waals surface area contributed by atoms with Crippen LogP contribution < -0.4 is 10.6 Å². The largest absolute Gasteiger partial charge is 0.380 e. The highest BCUT2D eigenvalue weighted by atomic mass is 35.5. The maximum Gasteiger partial charge on any atom is 0.264 e. The Balaban J connectivity index is 0.00000225. The van der Waals surface area contributed by atoms with Crippen molar-refractivity contribution in [3.8, 4) is 0 Å². The number of anilines is 1. The second-order valence-electron chi connectivity index (χ2n) is 6.38. The molecule has 4 rings (SSSR count). The van der Waals surface area contributed by atoms with Gasteiger partial charge in [0, 0.05) is 31.0 Å². The van der Waals surface area contributed by atoms with Crippen molar-refractivity contribution in [3.05, 3.63) is 59.4 Å². The number of carbonyl (C=O) groups is 4. The number of nitrogens with zero attached hydrogens (tertiary/aromatic N) is 2. The molecular formula is C19H17ClN4O4. The number of benzene rings is 1. The molecule has 1 aromatic carbocycles. The van der Waals surface area contributed by atoms with Crippen LogP contribution in [0.2, 0.25) is 0 Å². The Kier molecular flexibility index (Phi) is 5.41. The summed E-state index contributed by atoms with van der Waals surface area (Å²) in [6.07, 6.45) is 3.57. The third-order valence-electron chi connectivity index (χ3n) is 4.70. The lowest BCUT2D eigenvalue weighted by Gasteiger charge is -2.27. The van der Waals surface area contributed by atoms with Crippen molar-refractivity contribution in [2.24, 2.45) is 0 Å². The third-order valence-corrected chi connectivity index (χ3v) is 4.70. The van der Waals surface area contributed by atoms with Crippen molar-refractivity contribution in [1.82, 2.24) is 15.2 Å². The average molecular weight is 401 g/mol. The summed E-state index contributed by atoms with van der Waals surface area (Å²) in [4.78, 5) is 54.1. The quantitative estimate of drug-likeness (QED) is 0.753. The Morgan fingerprint density at radius 3 is 2.54 bits per heavy atom. The molecule has 2 aliphatic rings. The predicted molar refractivity (Wildman–Crippen MR) is 102 cm³/mol. The van der Waals surface area contributed by atoms with Crippen molar-refractivity contribution in [3.63, 3.8) is 0 Å². The Hall–Kier alpha value is -3.26. The number of carbonyl (C=O) groups excluding carboxylic acids is 4. The molecule has 2 aliphatic heterocycles. The second kappa shape index (κ2) is 7.77. The van der Waals surface area contributed by atoms with Gasteiger partial charge in [-0.1, -0.05) is 6.07 Å². The number of hydrogen-bond donors (Lipinski definition) is 2. The molecule has 1 fully saturated rings. The number of amides is 4. The number of pyridine rings is 1. The zero-order valence-electron chi connectivity index (χ0n) is 14.7. The molecule has 144 valence electrons. The van der Waals surface area contributed by atoms with Crippen LogP contribution in [0.4, 0.5) is 5.69 Å². The van der Waals surface area contributed by atoms with Gasteiger partial charge in [0.15, 0.2) is 0 Å². The van der Waals surface area contributed by atoms with Crippen molar-refractivity contribution < 1.29 is 19.2 Å². The highest BCUT2D eigenvalue weighted by Gasteiger charge is 2.45. The van der Waals surface area contributed by atoms with Crippen LogP contribution in [0.15, 0.2) is 42.7 Å². The molecule has 9 heteroatoms. The molecule has 0 bridgehead atoms. The first-order valence-corrected chi connectivity index (χ1v) is 8.53. The summed E-state index contributed by atoms with van der Waals surface area (Å²) >= 11 is 0. The summed E-state index contributed by atoms with van der Waals surface area (Å²) in [6, 6.07) is 7.70. The zero-order valence-corrected chi connectivity index (χ0v) is 15.5. The Labute approximate surface area is 166 Å². The second-order valence-corrected chi connectivity index (χ2v) is 6.38. The van der Waals surface area contributed by atoms with Crippen LogP contribution in [-0.2, 0) is 16.1 Å². The van der Waals surface area contributed by atoms with Gasteiger partial charge in [0.25, 0.3) is 11.8 Å². The Morgan fingerprint density at radius 2 is 1.82 bits per heavy atom. The highest BCUT2D eigenvalue weighted by molar-refractivity contribution is 6.25. The number of imide groups is 2. The van der Waals surface area contributed by atoms with Crippen molar-refractivity contribution in [1.29, 1.82) is 0 Å². The molecule has 0 saturated carbocycles. The lowest BCUT2D eigenvalue weighted by molar-refractivity contribution is -0.136. The minimum atomic E-state index is -0.969. The van der Waals surface area contributed by atoms with Crippen LogP contribution in [0, 0.1) is 0 Å². The number of piperidine rings is 1. The number of nitrogens with one attached hydrogen (secondary N) is 2. The fourth-order valence-corrected chi connectivity index (χ4v) is 3.36. The van der Waals surface area contributed by atoms with E-state index in [1.807, 2.05) is 12.1 Å². The monoisotopic (exact) mass is 400 g/mol. The van der Waals surface area contributed by atoms with Crippen LogP contribution in [-0.4, -0.2) is 39.6 Å². The summed E-state index contributed by atoms with van der Waals surface area (Å²) < 4.78 is 0. The Bertz CT molecular complexity index is 964. The average Bonchev–Trinajstić information content (AvgIpc) is 2.93. The van der Waals surface area contributed by atoms with E-state index in [-0.39, 0.29) is 36.4 Å². The lowest BCUT2D eigenvalue weighted by atomic mass is 10.0. The van der Waals surface area contributed by atoms with Crippen molar-refractivity contribution in [2.75, 3.05) is 5.32 Å². The van der Waals surface area contributed by atoms with Gasteiger partial charge < -0.3 is 5.32 Å². The molecule has 0 spiro atoms. The maximum absolute atomic E-state index is 13.0. The molecule has 8 nitrogen and oxygen atoms in total. The van der Waals surface area contributed by atoms with Gasteiger partial charge in [-0.05, 0) is 36.2 Å². The van der Waals surface area contributed by atoms with E-state index in [0.717, 1.165) is 10.5 Å². The third kappa shape index (κ3) is 3.34. The number of aromatic nitrogens is 1. The SMILES string of the molecule is Cl.O=C1CCC(N2C(=O)c3cccc(NCc4ccncc4)c3C2=O)C(=O)N1. The number of rotatable bonds is 4. The summed E-state index contributed by atoms with van der Waals surface area (Å²) in [5.74, 6) is -2.06. The predicted octanol–water partition coefficient (Wildman–Crippen LogP) is 1.52. The van der Waals surface area contributed by atoms with Crippen LogP contribution in [0.5, 0.6) is 0 Å². The van der Waals surface area contributed by atoms with Gasteiger partial charge in [-0.25, -0.2) is 0 Å². The van der Waals surface area contributed by atoms with E-state index in [9.17, 15) is 19.2 Å². The topological polar surface area (TPSA) is 108 Å². The van der Waals surface area contributed by atoms with E-state index in [1.165, 1.54) is 0 Å².